The van der Waals surface area contributed by atoms with Crippen molar-refractivity contribution in [2.45, 2.75) is 25.7 Å². The fourth-order valence-corrected chi connectivity index (χ4v) is 3.02. The number of rotatable bonds is 7. The van der Waals surface area contributed by atoms with E-state index in [1.54, 1.807) is 12.1 Å². The van der Waals surface area contributed by atoms with Crippen molar-refractivity contribution in [3.05, 3.63) is 28.8 Å². The highest BCUT2D eigenvalue weighted by atomic mass is 32.2. The SMILES string of the molecule is CS(=O)(=O)CCOCCNC(=O)c1cc2c(cc1O)CCCC2. The number of benzene rings is 1. The highest BCUT2D eigenvalue weighted by Crippen LogP contribution is 2.28. The maximum Gasteiger partial charge on any atom is 0.255 e. The van der Waals surface area contributed by atoms with Crippen LogP contribution < -0.4 is 5.32 Å². The molecule has 128 valence electrons. The Morgan fingerprint density at radius 3 is 2.52 bits per heavy atom. The summed E-state index contributed by atoms with van der Waals surface area (Å²) in [7, 11) is -3.03. The number of phenols is 1. The Labute approximate surface area is 136 Å². The van der Waals surface area contributed by atoms with E-state index in [1.807, 2.05) is 0 Å². The van der Waals surface area contributed by atoms with Crippen molar-refractivity contribution >= 4 is 15.7 Å². The first-order chi connectivity index (χ1) is 10.9. The van der Waals surface area contributed by atoms with Gasteiger partial charge in [0.15, 0.2) is 0 Å². The summed E-state index contributed by atoms with van der Waals surface area (Å²) in [6.07, 6.45) is 5.25. The molecule has 1 aromatic carbocycles. The Morgan fingerprint density at radius 2 is 1.87 bits per heavy atom. The van der Waals surface area contributed by atoms with E-state index in [1.165, 1.54) is 0 Å². The minimum Gasteiger partial charge on any atom is -0.507 e. The van der Waals surface area contributed by atoms with Gasteiger partial charge in [-0.25, -0.2) is 8.42 Å². The van der Waals surface area contributed by atoms with E-state index >= 15 is 0 Å². The van der Waals surface area contributed by atoms with Crippen molar-refractivity contribution in [2.75, 3.05) is 31.8 Å². The van der Waals surface area contributed by atoms with Gasteiger partial charge in [-0.05, 0) is 48.9 Å². The number of aryl methyl sites for hydroxylation is 2. The van der Waals surface area contributed by atoms with Gasteiger partial charge in [-0.2, -0.15) is 0 Å². The van der Waals surface area contributed by atoms with Gasteiger partial charge in [-0.1, -0.05) is 0 Å². The van der Waals surface area contributed by atoms with Gasteiger partial charge in [0.25, 0.3) is 5.91 Å². The minimum atomic E-state index is -3.03. The number of nitrogens with one attached hydrogen (secondary N) is 1. The molecule has 0 saturated carbocycles. The Balaban J connectivity index is 1.82. The normalized spacial score (nSPS) is 14.3. The molecule has 7 heteroatoms. The number of carbonyl (C=O) groups excluding carboxylic acids is 1. The molecule has 0 aromatic heterocycles. The number of hydrogen-bond acceptors (Lipinski definition) is 5. The summed E-state index contributed by atoms with van der Waals surface area (Å²) in [6, 6.07) is 3.45. The predicted octanol–water partition coefficient (Wildman–Crippen LogP) is 1.06. The summed E-state index contributed by atoms with van der Waals surface area (Å²) < 4.78 is 27.0. The molecule has 0 fully saturated rings. The number of hydrogen-bond donors (Lipinski definition) is 2. The first-order valence-corrected chi connectivity index (χ1v) is 9.81. The van der Waals surface area contributed by atoms with Crippen LogP contribution in [0.25, 0.3) is 0 Å². The van der Waals surface area contributed by atoms with Crippen LogP contribution in [0.3, 0.4) is 0 Å². The average Bonchev–Trinajstić information content (AvgIpc) is 2.48. The van der Waals surface area contributed by atoms with Crippen molar-refractivity contribution in [3.8, 4) is 5.75 Å². The number of carbonyl (C=O) groups is 1. The van der Waals surface area contributed by atoms with Gasteiger partial charge in [0, 0.05) is 12.8 Å². The Morgan fingerprint density at radius 1 is 1.22 bits per heavy atom. The topological polar surface area (TPSA) is 92.7 Å². The standard InChI is InChI=1S/C16H23NO5S/c1-23(20,21)9-8-22-7-6-17-16(19)14-10-12-4-2-3-5-13(12)11-15(14)18/h10-11,18H,2-9H2,1H3,(H,17,19). The number of ether oxygens (including phenoxy) is 1. The fraction of sp³-hybridized carbons (Fsp3) is 0.562. The second kappa shape index (κ2) is 7.79. The lowest BCUT2D eigenvalue weighted by Gasteiger charge is -2.17. The van der Waals surface area contributed by atoms with E-state index in [0.717, 1.165) is 43.1 Å². The third-order valence-corrected chi connectivity index (χ3v) is 4.74. The van der Waals surface area contributed by atoms with E-state index in [-0.39, 0.29) is 42.7 Å². The van der Waals surface area contributed by atoms with Crippen molar-refractivity contribution in [1.29, 1.82) is 0 Å². The van der Waals surface area contributed by atoms with Gasteiger partial charge in [0.05, 0.1) is 24.5 Å². The van der Waals surface area contributed by atoms with Crippen molar-refractivity contribution in [2.24, 2.45) is 0 Å². The Hall–Kier alpha value is -1.60. The lowest BCUT2D eigenvalue weighted by molar-refractivity contribution is 0.0920. The first-order valence-electron chi connectivity index (χ1n) is 7.75. The van der Waals surface area contributed by atoms with E-state index in [0.29, 0.717) is 0 Å². The summed E-state index contributed by atoms with van der Waals surface area (Å²) >= 11 is 0. The van der Waals surface area contributed by atoms with Crippen LogP contribution in [0.5, 0.6) is 5.75 Å². The number of phenolic OH excluding ortho intramolecular Hbond substituents is 1. The van der Waals surface area contributed by atoms with E-state index in [2.05, 4.69) is 5.32 Å². The highest BCUT2D eigenvalue weighted by Gasteiger charge is 2.17. The summed E-state index contributed by atoms with van der Waals surface area (Å²) in [5.74, 6) is -0.379. The van der Waals surface area contributed by atoms with Gasteiger partial charge in [0.2, 0.25) is 0 Å². The van der Waals surface area contributed by atoms with Crippen LogP contribution in [0.2, 0.25) is 0 Å². The predicted molar refractivity (Wildman–Crippen MR) is 87.6 cm³/mol. The van der Waals surface area contributed by atoms with E-state index in [4.69, 9.17) is 4.74 Å². The quantitative estimate of drug-likeness (QED) is 0.724. The monoisotopic (exact) mass is 341 g/mol. The molecule has 23 heavy (non-hydrogen) atoms. The molecule has 0 saturated heterocycles. The van der Waals surface area contributed by atoms with E-state index in [9.17, 15) is 18.3 Å². The van der Waals surface area contributed by atoms with Gasteiger partial charge in [-0.3, -0.25) is 4.79 Å². The fourth-order valence-electron chi connectivity index (χ4n) is 2.60. The maximum atomic E-state index is 12.1. The summed E-state index contributed by atoms with van der Waals surface area (Å²) in [5, 5.41) is 12.7. The second-order valence-electron chi connectivity index (χ2n) is 5.84. The largest absolute Gasteiger partial charge is 0.507 e. The molecule has 0 atom stereocenters. The maximum absolute atomic E-state index is 12.1. The highest BCUT2D eigenvalue weighted by molar-refractivity contribution is 7.90. The zero-order valence-corrected chi connectivity index (χ0v) is 14.1. The summed E-state index contributed by atoms with van der Waals surface area (Å²) in [4.78, 5) is 12.1. The van der Waals surface area contributed by atoms with Crippen LogP contribution in [-0.2, 0) is 27.4 Å². The third-order valence-electron chi connectivity index (χ3n) is 3.84. The average molecular weight is 341 g/mol. The lowest BCUT2D eigenvalue weighted by atomic mass is 9.90. The molecule has 0 unspecified atom stereocenters. The molecule has 1 aromatic rings. The summed E-state index contributed by atoms with van der Waals surface area (Å²) in [6.45, 7) is 0.602. The molecule has 1 aliphatic carbocycles. The number of sulfone groups is 1. The van der Waals surface area contributed by atoms with Gasteiger partial charge >= 0.3 is 0 Å². The molecule has 0 aliphatic heterocycles. The Bertz CT molecular complexity index is 669. The van der Waals surface area contributed by atoms with Crippen molar-refractivity contribution < 1.29 is 23.1 Å². The zero-order chi connectivity index (χ0) is 16.9. The molecule has 0 bridgehead atoms. The number of aromatic hydroxyl groups is 1. The van der Waals surface area contributed by atoms with Crippen LogP contribution in [0.4, 0.5) is 0 Å². The van der Waals surface area contributed by atoms with Crippen LogP contribution in [0, 0.1) is 0 Å². The minimum absolute atomic E-state index is 0.00106. The number of amides is 1. The number of fused-ring (bicyclic) bond motifs is 1. The summed E-state index contributed by atoms with van der Waals surface area (Å²) in [5.41, 5.74) is 2.53. The van der Waals surface area contributed by atoms with Gasteiger partial charge < -0.3 is 15.2 Å². The molecule has 0 radical (unpaired) electrons. The Kier molecular flexibility index (Phi) is 6.01. The molecule has 2 N–H and O–H groups in total. The molecular formula is C16H23NO5S. The van der Waals surface area contributed by atoms with E-state index < -0.39 is 9.84 Å². The molecule has 2 rings (SSSR count). The van der Waals surface area contributed by atoms with Crippen LogP contribution in [-0.4, -0.2) is 51.2 Å². The lowest BCUT2D eigenvalue weighted by Crippen LogP contribution is -2.28. The van der Waals surface area contributed by atoms with Crippen LogP contribution in [0.15, 0.2) is 12.1 Å². The van der Waals surface area contributed by atoms with Crippen molar-refractivity contribution in [3.63, 3.8) is 0 Å². The second-order valence-corrected chi connectivity index (χ2v) is 8.10. The molecule has 0 heterocycles. The smallest absolute Gasteiger partial charge is 0.255 e. The molecule has 1 amide bonds. The first kappa shape index (κ1) is 17.7. The van der Waals surface area contributed by atoms with Gasteiger partial charge in [-0.15, -0.1) is 0 Å². The molecule has 0 spiro atoms. The van der Waals surface area contributed by atoms with Crippen LogP contribution >= 0.6 is 0 Å². The van der Waals surface area contributed by atoms with Gasteiger partial charge in [0.1, 0.15) is 15.6 Å². The molecular weight excluding hydrogens is 318 g/mol. The molecule has 1 aliphatic rings. The molecule has 6 nitrogen and oxygen atoms in total. The third kappa shape index (κ3) is 5.51. The van der Waals surface area contributed by atoms with Crippen molar-refractivity contribution in [1.82, 2.24) is 5.32 Å². The van der Waals surface area contributed by atoms with Crippen LogP contribution in [0.1, 0.15) is 34.3 Å². The zero-order valence-electron chi connectivity index (χ0n) is 13.3.